The van der Waals surface area contributed by atoms with Crippen LogP contribution in [0.15, 0.2) is 42.5 Å². The lowest BCUT2D eigenvalue weighted by Crippen LogP contribution is -2.31. The van der Waals surface area contributed by atoms with E-state index in [0.29, 0.717) is 41.1 Å². The van der Waals surface area contributed by atoms with Gasteiger partial charge >= 0.3 is 0 Å². The molecular weight excluding hydrogens is 346 g/mol. The van der Waals surface area contributed by atoms with Crippen LogP contribution in [0.4, 0.5) is 0 Å². The van der Waals surface area contributed by atoms with Gasteiger partial charge in [-0.05, 0) is 36.9 Å². The Bertz CT molecular complexity index is 860. The van der Waals surface area contributed by atoms with Crippen LogP contribution in [0.25, 0.3) is 0 Å². The second-order valence-corrected chi connectivity index (χ2v) is 6.14. The number of imide groups is 1. The number of hydrogen-bond donors (Lipinski definition) is 2. The van der Waals surface area contributed by atoms with Gasteiger partial charge < -0.3 is 15.4 Å². The van der Waals surface area contributed by atoms with E-state index >= 15 is 0 Å². The molecule has 0 fully saturated rings. The summed E-state index contributed by atoms with van der Waals surface area (Å²) in [5, 5.41) is 5.75. The Morgan fingerprint density at radius 3 is 2.30 bits per heavy atom. The van der Waals surface area contributed by atoms with Gasteiger partial charge in [0.05, 0.1) is 30.3 Å². The molecule has 1 heterocycles. The zero-order valence-corrected chi connectivity index (χ0v) is 15.2. The molecule has 2 N–H and O–H groups in total. The molecule has 27 heavy (non-hydrogen) atoms. The van der Waals surface area contributed by atoms with Crippen molar-refractivity contribution >= 4 is 17.7 Å². The second kappa shape index (κ2) is 8.01. The molecule has 3 amide bonds. The van der Waals surface area contributed by atoms with Crippen molar-refractivity contribution < 1.29 is 19.1 Å². The summed E-state index contributed by atoms with van der Waals surface area (Å²) in [6.45, 7) is 1.21. The Labute approximate surface area is 157 Å². The van der Waals surface area contributed by atoms with Gasteiger partial charge in [-0.15, -0.1) is 0 Å². The molecule has 3 rings (SSSR count). The van der Waals surface area contributed by atoms with Gasteiger partial charge in [0.1, 0.15) is 5.75 Å². The molecule has 1 aliphatic heterocycles. The van der Waals surface area contributed by atoms with Crippen molar-refractivity contribution in [3.63, 3.8) is 0 Å². The lowest BCUT2D eigenvalue weighted by atomic mass is 10.1. The Balaban J connectivity index is 1.82. The summed E-state index contributed by atoms with van der Waals surface area (Å²) >= 11 is 0. The van der Waals surface area contributed by atoms with Crippen molar-refractivity contribution in [2.45, 2.75) is 6.54 Å². The van der Waals surface area contributed by atoms with Crippen molar-refractivity contribution in [1.82, 2.24) is 15.5 Å². The third-order valence-electron chi connectivity index (χ3n) is 4.39. The van der Waals surface area contributed by atoms with Crippen LogP contribution in [0.5, 0.6) is 5.75 Å². The van der Waals surface area contributed by atoms with Crippen LogP contribution in [0.2, 0.25) is 0 Å². The molecule has 0 unspecified atom stereocenters. The molecule has 2 aromatic rings. The molecule has 0 aliphatic carbocycles. The SMILES string of the molecule is CNCCNC(=O)c1cc(CN2C(=O)c3ccccc3C2=O)ccc1OC. The molecule has 0 aromatic heterocycles. The molecular formula is C20H21N3O4. The van der Waals surface area contributed by atoms with Gasteiger partial charge in [-0.3, -0.25) is 19.3 Å². The van der Waals surface area contributed by atoms with Gasteiger partial charge in [-0.1, -0.05) is 18.2 Å². The van der Waals surface area contributed by atoms with Crippen LogP contribution in [0.3, 0.4) is 0 Å². The van der Waals surface area contributed by atoms with E-state index in [0.717, 1.165) is 0 Å². The van der Waals surface area contributed by atoms with Gasteiger partial charge in [0.15, 0.2) is 0 Å². The average molecular weight is 367 g/mol. The first kappa shape index (κ1) is 18.6. The fourth-order valence-corrected chi connectivity index (χ4v) is 2.99. The highest BCUT2D eigenvalue weighted by molar-refractivity contribution is 6.21. The molecule has 0 saturated carbocycles. The van der Waals surface area contributed by atoms with Gasteiger partial charge in [0.25, 0.3) is 17.7 Å². The third-order valence-corrected chi connectivity index (χ3v) is 4.39. The second-order valence-electron chi connectivity index (χ2n) is 6.14. The number of carbonyl (C=O) groups excluding carboxylic acids is 3. The number of hydrogen-bond acceptors (Lipinski definition) is 5. The minimum absolute atomic E-state index is 0.0904. The smallest absolute Gasteiger partial charge is 0.261 e. The minimum atomic E-state index is -0.327. The van der Waals surface area contributed by atoms with Crippen molar-refractivity contribution in [1.29, 1.82) is 0 Å². The number of carbonyl (C=O) groups is 3. The van der Waals surface area contributed by atoms with Gasteiger partial charge in [0.2, 0.25) is 0 Å². The summed E-state index contributed by atoms with van der Waals surface area (Å²) < 4.78 is 5.27. The number of amides is 3. The first-order chi connectivity index (χ1) is 13.1. The first-order valence-electron chi connectivity index (χ1n) is 8.61. The Morgan fingerprint density at radius 1 is 1.04 bits per heavy atom. The molecule has 0 radical (unpaired) electrons. The quantitative estimate of drug-likeness (QED) is 0.571. The fraction of sp³-hybridized carbons (Fsp3) is 0.250. The maximum Gasteiger partial charge on any atom is 0.261 e. The van der Waals surface area contributed by atoms with E-state index in [-0.39, 0.29) is 24.3 Å². The molecule has 2 aromatic carbocycles. The standard InChI is InChI=1S/C20H21N3O4/c1-21-9-10-22-18(24)16-11-13(7-8-17(16)27-2)12-23-19(25)14-5-3-4-6-15(14)20(23)26/h3-8,11,21H,9-10,12H2,1-2H3,(H,22,24). The zero-order valence-electron chi connectivity index (χ0n) is 15.2. The largest absolute Gasteiger partial charge is 0.496 e. The maximum absolute atomic E-state index is 12.5. The minimum Gasteiger partial charge on any atom is -0.496 e. The predicted octanol–water partition coefficient (Wildman–Crippen LogP) is 1.44. The van der Waals surface area contributed by atoms with Gasteiger partial charge in [-0.2, -0.15) is 0 Å². The number of benzene rings is 2. The van der Waals surface area contributed by atoms with Gasteiger partial charge in [0, 0.05) is 13.1 Å². The number of ether oxygens (including phenoxy) is 1. The van der Waals surface area contributed by atoms with E-state index in [1.165, 1.54) is 12.0 Å². The number of fused-ring (bicyclic) bond motifs is 1. The lowest BCUT2D eigenvalue weighted by molar-refractivity contribution is 0.0642. The first-order valence-corrected chi connectivity index (χ1v) is 8.61. The Morgan fingerprint density at radius 2 is 1.70 bits per heavy atom. The normalized spacial score (nSPS) is 12.9. The summed E-state index contributed by atoms with van der Waals surface area (Å²) in [7, 11) is 3.29. The van der Waals surface area contributed by atoms with Crippen LogP contribution < -0.4 is 15.4 Å². The Kier molecular flexibility index (Phi) is 5.52. The predicted molar refractivity (Wildman–Crippen MR) is 99.9 cm³/mol. The van der Waals surface area contributed by atoms with Crippen LogP contribution in [0.1, 0.15) is 36.6 Å². The topological polar surface area (TPSA) is 87.7 Å². The molecule has 7 nitrogen and oxygen atoms in total. The van der Waals surface area contributed by atoms with Crippen LogP contribution >= 0.6 is 0 Å². The maximum atomic E-state index is 12.5. The zero-order chi connectivity index (χ0) is 19.4. The third kappa shape index (κ3) is 3.68. The van der Waals surface area contributed by atoms with E-state index in [4.69, 9.17) is 4.74 Å². The molecule has 1 aliphatic rings. The van der Waals surface area contributed by atoms with Gasteiger partial charge in [-0.25, -0.2) is 0 Å². The molecule has 0 saturated heterocycles. The highest BCUT2D eigenvalue weighted by Gasteiger charge is 2.35. The summed E-state index contributed by atoms with van der Waals surface area (Å²) in [6, 6.07) is 11.8. The van der Waals surface area contributed by atoms with E-state index in [1.54, 1.807) is 49.5 Å². The number of rotatable bonds is 7. The molecule has 7 heteroatoms. The average Bonchev–Trinajstić information content (AvgIpc) is 2.93. The summed E-state index contributed by atoms with van der Waals surface area (Å²) in [5.41, 5.74) is 1.84. The highest BCUT2D eigenvalue weighted by Crippen LogP contribution is 2.26. The number of nitrogens with one attached hydrogen (secondary N) is 2. The number of nitrogens with zero attached hydrogens (tertiary/aromatic N) is 1. The summed E-state index contributed by atoms with van der Waals surface area (Å²) in [6.07, 6.45) is 0. The molecule has 0 atom stereocenters. The lowest BCUT2D eigenvalue weighted by Gasteiger charge is -2.16. The molecule has 140 valence electrons. The van der Waals surface area contributed by atoms with E-state index in [1.807, 2.05) is 0 Å². The van der Waals surface area contributed by atoms with Crippen molar-refractivity contribution in [2.75, 3.05) is 27.2 Å². The number of methoxy groups -OCH3 is 1. The van der Waals surface area contributed by atoms with Crippen molar-refractivity contribution in [3.05, 3.63) is 64.7 Å². The van der Waals surface area contributed by atoms with Crippen LogP contribution in [0, 0.1) is 0 Å². The highest BCUT2D eigenvalue weighted by atomic mass is 16.5. The Hall–Kier alpha value is -3.19. The fourth-order valence-electron chi connectivity index (χ4n) is 2.99. The van der Waals surface area contributed by atoms with Crippen LogP contribution in [-0.4, -0.2) is 49.9 Å². The number of likely N-dealkylation sites (N-methyl/N-ethyl adjacent to an activating group) is 1. The van der Waals surface area contributed by atoms with Crippen molar-refractivity contribution in [2.24, 2.45) is 0 Å². The van der Waals surface area contributed by atoms with E-state index < -0.39 is 0 Å². The van der Waals surface area contributed by atoms with E-state index in [2.05, 4.69) is 10.6 Å². The van der Waals surface area contributed by atoms with E-state index in [9.17, 15) is 14.4 Å². The van der Waals surface area contributed by atoms with Crippen LogP contribution in [-0.2, 0) is 6.54 Å². The molecule has 0 spiro atoms. The summed E-state index contributed by atoms with van der Waals surface area (Å²) in [5.74, 6) is -0.493. The van der Waals surface area contributed by atoms with Crippen molar-refractivity contribution in [3.8, 4) is 5.75 Å². The summed E-state index contributed by atoms with van der Waals surface area (Å²) in [4.78, 5) is 38.7. The molecule has 0 bridgehead atoms. The monoisotopic (exact) mass is 367 g/mol.